The second kappa shape index (κ2) is 8.18. The number of nitro groups is 1. The summed E-state index contributed by atoms with van der Waals surface area (Å²) in [5.74, 6) is 0.960. The van der Waals surface area contributed by atoms with Crippen molar-refractivity contribution in [3.05, 3.63) is 76.5 Å². The van der Waals surface area contributed by atoms with Crippen molar-refractivity contribution in [1.29, 1.82) is 0 Å². The number of benzene rings is 2. The molecule has 0 amide bonds. The number of furan rings is 1. The van der Waals surface area contributed by atoms with E-state index in [1.54, 1.807) is 6.07 Å². The van der Waals surface area contributed by atoms with E-state index in [-0.39, 0.29) is 17.9 Å². The van der Waals surface area contributed by atoms with E-state index in [0.717, 1.165) is 5.56 Å². The number of aryl methyl sites for hydroxylation is 1. The minimum absolute atomic E-state index is 0.0327. The first kappa shape index (κ1) is 18.2. The minimum Gasteiger partial charge on any atom is -0.496 e. The van der Waals surface area contributed by atoms with Crippen LogP contribution in [0.3, 0.4) is 0 Å². The van der Waals surface area contributed by atoms with E-state index in [4.69, 9.17) is 13.9 Å². The van der Waals surface area contributed by atoms with Gasteiger partial charge in [-0.3, -0.25) is 14.9 Å². The third-order valence-electron chi connectivity index (χ3n) is 3.88. The number of nitro benzene ring substituents is 1. The van der Waals surface area contributed by atoms with E-state index in [1.807, 2.05) is 36.4 Å². The van der Waals surface area contributed by atoms with Crippen LogP contribution in [-0.4, -0.2) is 18.0 Å². The lowest BCUT2D eigenvalue weighted by atomic mass is 10.2. The van der Waals surface area contributed by atoms with Crippen molar-refractivity contribution in [1.82, 2.24) is 0 Å². The van der Waals surface area contributed by atoms with E-state index < -0.39 is 10.9 Å². The number of methoxy groups -OCH3 is 1. The first-order valence-electron chi connectivity index (χ1n) is 8.24. The molecular weight excluding hydrogens is 350 g/mol. The maximum Gasteiger partial charge on any atom is 0.315 e. The van der Waals surface area contributed by atoms with Gasteiger partial charge in [-0.2, -0.15) is 0 Å². The van der Waals surface area contributed by atoms with Crippen LogP contribution in [0, 0.1) is 10.1 Å². The molecule has 7 nitrogen and oxygen atoms in total. The summed E-state index contributed by atoms with van der Waals surface area (Å²) in [4.78, 5) is 22.6. The van der Waals surface area contributed by atoms with E-state index in [9.17, 15) is 14.9 Å². The van der Waals surface area contributed by atoms with Crippen LogP contribution in [-0.2, 0) is 11.2 Å². The van der Waals surface area contributed by atoms with Gasteiger partial charge in [0.05, 0.1) is 24.5 Å². The highest BCUT2D eigenvalue weighted by Gasteiger charge is 2.19. The Balaban J connectivity index is 1.62. The molecule has 0 bridgehead atoms. The average molecular weight is 367 g/mol. The molecule has 2 aromatic carbocycles. The molecule has 0 atom stereocenters. The zero-order chi connectivity index (χ0) is 19.2. The predicted molar refractivity (Wildman–Crippen MR) is 97.7 cm³/mol. The van der Waals surface area contributed by atoms with Crippen LogP contribution in [0.2, 0.25) is 0 Å². The van der Waals surface area contributed by atoms with Gasteiger partial charge in [-0.25, -0.2) is 0 Å². The number of nitrogens with zero attached hydrogens (tertiary/aromatic N) is 1. The van der Waals surface area contributed by atoms with Gasteiger partial charge in [0.2, 0.25) is 5.75 Å². The number of ether oxygens (including phenoxy) is 2. The molecule has 0 spiro atoms. The lowest BCUT2D eigenvalue weighted by Crippen LogP contribution is -2.10. The van der Waals surface area contributed by atoms with Gasteiger partial charge in [-0.05, 0) is 24.3 Å². The molecule has 0 saturated carbocycles. The van der Waals surface area contributed by atoms with Crippen molar-refractivity contribution in [2.24, 2.45) is 0 Å². The molecule has 138 valence electrons. The number of esters is 1. The van der Waals surface area contributed by atoms with Gasteiger partial charge in [-0.1, -0.05) is 30.3 Å². The van der Waals surface area contributed by atoms with Gasteiger partial charge >= 0.3 is 11.7 Å². The molecule has 0 radical (unpaired) electrons. The van der Waals surface area contributed by atoms with Crippen molar-refractivity contribution in [3.8, 4) is 22.8 Å². The van der Waals surface area contributed by atoms with Crippen LogP contribution in [0.4, 0.5) is 5.69 Å². The summed E-state index contributed by atoms with van der Waals surface area (Å²) >= 11 is 0. The van der Waals surface area contributed by atoms with E-state index in [0.29, 0.717) is 23.7 Å². The van der Waals surface area contributed by atoms with Gasteiger partial charge < -0.3 is 13.9 Å². The highest BCUT2D eigenvalue weighted by molar-refractivity contribution is 5.74. The lowest BCUT2D eigenvalue weighted by molar-refractivity contribution is -0.385. The van der Waals surface area contributed by atoms with Crippen molar-refractivity contribution in [2.45, 2.75) is 12.8 Å². The van der Waals surface area contributed by atoms with Crippen LogP contribution in [0.25, 0.3) is 11.3 Å². The van der Waals surface area contributed by atoms with Gasteiger partial charge in [0.25, 0.3) is 0 Å². The molecule has 1 heterocycles. The number of carbonyl (C=O) groups is 1. The van der Waals surface area contributed by atoms with Crippen molar-refractivity contribution >= 4 is 11.7 Å². The first-order chi connectivity index (χ1) is 13.1. The zero-order valence-corrected chi connectivity index (χ0v) is 14.6. The van der Waals surface area contributed by atoms with Crippen LogP contribution in [0.5, 0.6) is 11.5 Å². The van der Waals surface area contributed by atoms with Crippen LogP contribution < -0.4 is 9.47 Å². The minimum atomic E-state index is -0.621. The molecule has 27 heavy (non-hydrogen) atoms. The average Bonchev–Trinajstić information content (AvgIpc) is 3.16. The molecule has 0 aliphatic rings. The van der Waals surface area contributed by atoms with Gasteiger partial charge in [0, 0.05) is 12.0 Å². The van der Waals surface area contributed by atoms with Crippen molar-refractivity contribution in [3.63, 3.8) is 0 Å². The Bertz CT molecular complexity index is 948. The lowest BCUT2D eigenvalue weighted by Gasteiger charge is -2.06. The number of hydrogen-bond donors (Lipinski definition) is 0. The topological polar surface area (TPSA) is 91.8 Å². The number of carbonyl (C=O) groups excluding carboxylic acids is 1. The monoisotopic (exact) mass is 367 g/mol. The Hall–Kier alpha value is -3.61. The summed E-state index contributed by atoms with van der Waals surface area (Å²) < 4.78 is 15.8. The second-order valence-corrected chi connectivity index (χ2v) is 5.70. The van der Waals surface area contributed by atoms with Crippen LogP contribution >= 0.6 is 0 Å². The molecule has 1 aromatic heterocycles. The molecule has 0 N–H and O–H groups in total. The largest absolute Gasteiger partial charge is 0.496 e. The second-order valence-electron chi connectivity index (χ2n) is 5.70. The molecule has 0 saturated heterocycles. The fourth-order valence-corrected chi connectivity index (χ4v) is 2.52. The Labute approximate surface area is 155 Å². The van der Waals surface area contributed by atoms with E-state index in [1.165, 1.54) is 25.3 Å². The SMILES string of the molecule is COc1ccc(OC(=O)CCc2ccc(-c3ccccc3)o2)c([N+](=O)[O-])c1. The normalized spacial score (nSPS) is 10.4. The summed E-state index contributed by atoms with van der Waals surface area (Å²) in [6.07, 6.45) is 0.362. The molecule has 7 heteroatoms. The Kier molecular flexibility index (Phi) is 5.51. The highest BCUT2D eigenvalue weighted by atomic mass is 16.6. The summed E-state index contributed by atoms with van der Waals surface area (Å²) in [7, 11) is 1.40. The molecule has 0 aliphatic carbocycles. The Morgan fingerprint density at radius 1 is 1.11 bits per heavy atom. The number of rotatable bonds is 7. The maximum absolute atomic E-state index is 12.1. The summed E-state index contributed by atoms with van der Waals surface area (Å²) in [6, 6.07) is 17.3. The molecule has 3 aromatic rings. The van der Waals surface area contributed by atoms with E-state index >= 15 is 0 Å². The van der Waals surface area contributed by atoms with Crippen LogP contribution in [0.1, 0.15) is 12.2 Å². The molecule has 0 unspecified atom stereocenters. The fourth-order valence-electron chi connectivity index (χ4n) is 2.52. The molecule has 3 rings (SSSR count). The summed E-state index contributed by atoms with van der Waals surface area (Å²) in [6.45, 7) is 0. The van der Waals surface area contributed by atoms with Crippen LogP contribution in [0.15, 0.2) is 65.1 Å². The first-order valence-corrected chi connectivity index (χ1v) is 8.24. The van der Waals surface area contributed by atoms with Crippen molar-refractivity contribution in [2.75, 3.05) is 7.11 Å². The van der Waals surface area contributed by atoms with Gasteiger partial charge in [0.15, 0.2) is 0 Å². The standard InChI is InChI=1S/C20H17NO6/c1-25-16-8-11-19(17(13-16)21(23)24)27-20(22)12-9-15-7-10-18(26-15)14-5-3-2-4-6-14/h2-8,10-11,13H,9,12H2,1H3. The molecule has 0 fully saturated rings. The Morgan fingerprint density at radius 2 is 1.89 bits per heavy atom. The molecule has 0 aliphatic heterocycles. The summed E-state index contributed by atoms with van der Waals surface area (Å²) in [5.41, 5.74) is 0.618. The zero-order valence-electron chi connectivity index (χ0n) is 14.6. The third-order valence-corrected chi connectivity index (χ3v) is 3.88. The van der Waals surface area contributed by atoms with Gasteiger partial charge in [0.1, 0.15) is 17.3 Å². The Morgan fingerprint density at radius 3 is 2.59 bits per heavy atom. The maximum atomic E-state index is 12.1. The fraction of sp³-hybridized carbons (Fsp3) is 0.150. The number of hydrogen-bond acceptors (Lipinski definition) is 6. The van der Waals surface area contributed by atoms with Gasteiger partial charge in [-0.15, -0.1) is 0 Å². The predicted octanol–water partition coefficient (Wildman–Crippen LogP) is 4.40. The smallest absolute Gasteiger partial charge is 0.315 e. The summed E-state index contributed by atoms with van der Waals surface area (Å²) in [5, 5.41) is 11.1. The quantitative estimate of drug-likeness (QED) is 0.266. The van der Waals surface area contributed by atoms with E-state index in [2.05, 4.69) is 0 Å². The van der Waals surface area contributed by atoms with Crippen molar-refractivity contribution < 1.29 is 23.6 Å². The highest BCUT2D eigenvalue weighted by Crippen LogP contribution is 2.31. The third kappa shape index (κ3) is 4.52. The molecular formula is C20H17NO6.